The van der Waals surface area contributed by atoms with Crippen LogP contribution in [0.1, 0.15) is 57.6 Å². The lowest BCUT2D eigenvalue weighted by Crippen LogP contribution is -2.47. The normalized spacial score (nSPS) is 20.1. The fourth-order valence-electron chi connectivity index (χ4n) is 4.32. The zero-order chi connectivity index (χ0) is 21.9. The number of aromatic nitrogens is 1. The molecule has 32 heavy (non-hydrogen) atoms. The van der Waals surface area contributed by atoms with Crippen LogP contribution >= 0.6 is 24.0 Å². The Hall–Kier alpha value is -1.13. The second-order valence-corrected chi connectivity index (χ2v) is 8.61. The maximum atomic E-state index is 12.0. The molecule has 8 heteroatoms. The van der Waals surface area contributed by atoms with E-state index in [-0.39, 0.29) is 29.5 Å². The summed E-state index contributed by atoms with van der Waals surface area (Å²) in [6.45, 7) is 10.1. The minimum absolute atomic E-state index is 0. The van der Waals surface area contributed by atoms with Crippen molar-refractivity contribution in [1.29, 1.82) is 0 Å². The third-order valence-electron chi connectivity index (χ3n) is 6.19. The average Bonchev–Trinajstić information content (AvgIpc) is 2.79. The molecule has 1 aromatic heterocycles. The molecule has 0 aromatic carbocycles. The smallest absolute Gasteiger partial charge is 0.250 e. The van der Waals surface area contributed by atoms with Gasteiger partial charge in [-0.15, -0.1) is 24.0 Å². The number of hydrogen-bond acceptors (Lipinski definition) is 4. The van der Waals surface area contributed by atoms with E-state index in [0.29, 0.717) is 12.2 Å². The summed E-state index contributed by atoms with van der Waals surface area (Å²) in [6.07, 6.45) is 8.19. The molecular weight excluding hydrogens is 519 g/mol. The molecule has 0 radical (unpaired) electrons. The quantitative estimate of drug-likeness (QED) is 0.217. The van der Waals surface area contributed by atoms with Gasteiger partial charge in [-0.25, -0.2) is 0 Å². The molecule has 0 amide bonds. The standard InChI is InChI=1S/C24H40N4O3.HI/c1-3-25-24(26-14-5-6-15-28-20(2)9-8-11-23(28)29)27-16-12-21(13-17-27)31-19-22-10-4-7-18-30-22;/h8-9,11,21-22H,3-7,10,12-19H2,1-2H3,(H,25,26);1H. The summed E-state index contributed by atoms with van der Waals surface area (Å²) in [6, 6.07) is 5.43. The Morgan fingerprint density at radius 3 is 2.72 bits per heavy atom. The average molecular weight is 561 g/mol. The number of piperidine rings is 1. The van der Waals surface area contributed by atoms with Gasteiger partial charge in [0.05, 0.1) is 18.8 Å². The highest BCUT2D eigenvalue weighted by molar-refractivity contribution is 14.0. The molecule has 3 rings (SSSR count). The molecule has 2 saturated heterocycles. The number of ether oxygens (including phenoxy) is 2. The Balaban J connectivity index is 0.00000363. The number of rotatable bonds is 9. The first-order chi connectivity index (χ1) is 15.2. The number of hydrogen-bond donors (Lipinski definition) is 1. The lowest BCUT2D eigenvalue weighted by atomic mass is 10.1. The fraction of sp³-hybridized carbons (Fsp3) is 0.750. The molecule has 3 heterocycles. The van der Waals surface area contributed by atoms with Gasteiger partial charge >= 0.3 is 0 Å². The Kier molecular flexibility index (Phi) is 12.6. The van der Waals surface area contributed by atoms with E-state index in [4.69, 9.17) is 14.5 Å². The number of unbranched alkanes of at least 4 members (excludes halogenated alkanes) is 1. The van der Waals surface area contributed by atoms with Crippen LogP contribution in [-0.4, -0.2) is 67.0 Å². The summed E-state index contributed by atoms with van der Waals surface area (Å²) >= 11 is 0. The number of likely N-dealkylation sites (tertiary alicyclic amines) is 1. The van der Waals surface area contributed by atoms with Gasteiger partial charge in [0.1, 0.15) is 0 Å². The highest BCUT2D eigenvalue weighted by Gasteiger charge is 2.23. The summed E-state index contributed by atoms with van der Waals surface area (Å²) in [5.74, 6) is 1.00. The van der Waals surface area contributed by atoms with E-state index in [1.54, 1.807) is 6.07 Å². The number of guanidine groups is 1. The number of aryl methyl sites for hydroxylation is 1. The van der Waals surface area contributed by atoms with Crippen molar-refractivity contribution in [3.63, 3.8) is 0 Å². The number of halogens is 1. The Bertz CT molecular complexity index is 741. The molecule has 1 unspecified atom stereocenters. The molecule has 2 aliphatic heterocycles. The van der Waals surface area contributed by atoms with E-state index < -0.39 is 0 Å². The predicted octanol–water partition coefficient (Wildman–Crippen LogP) is 3.57. The molecule has 1 atom stereocenters. The topological polar surface area (TPSA) is 68.1 Å². The van der Waals surface area contributed by atoms with Gasteiger partial charge in [0, 0.05) is 51.1 Å². The second kappa shape index (κ2) is 14.9. The van der Waals surface area contributed by atoms with Crippen molar-refractivity contribution < 1.29 is 9.47 Å². The van der Waals surface area contributed by atoms with Gasteiger partial charge in [0.2, 0.25) is 0 Å². The third kappa shape index (κ3) is 8.67. The SMILES string of the molecule is CCNC(=NCCCCn1c(C)cccc1=O)N1CCC(OCC2CCCCO2)CC1.I. The van der Waals surface area contributed by atoms with Gasteiger partial charge in [0.15, 0.2) is 5.96 Å². The zero-order valence-electron chi connectivity index (χ0n) is 19.8. The van der Waals surface area contributed by atoms with Crippen molar-refractivity contribution in [2.75, 3.05) is 39.4 Å². The molecule has 1 N–H and O–H groups in total. The maximum Gasteiger partial charge on any atom is 0.250 e. The van der Waals surface area contributed by atoms with Crippen LogP contribution in [0.5, 0.6) is 0 Å². The van der Waals surface area contributed by atoms with E-state index in [9.17, 15) is 4.79 Å². The molecule has 7 nitrogen and oxygen atoms in total. The largest absolute Gasteiger partial charge is 0.376 e. The van der Waals surface area contributed by atoms with E-state index in [1.165, 1.54) is 12.8 Å². The van der Waals surface area contributed by atoms with Gasteiger partial charge in [-0.1, -0.05) is 6.07 Å². The van der Waals surface area contributed by atoms with Crippen LogP contribution in [0, 0.1) is 6.92 Å². The van der Waals surface area contributed by atoms with E-state index in [1.807, 2.05) is 23.6 Å². The van der Waals surface area contributed by atoms with Gasteiger partial charge in [-0.05, 0) is 64.9 Å². The summed E-state index contributed by atoms with van der Waals surface area (Å²) in [7, 11) is 0. The highest BCUT2D eigenvalue weighted by Crippen LogP contribution is 2.18. The fourth-order valence-corrected chi connectivity index (χ4v) is 4.32. The van der Waals surface area contributed by atoms with E-state index in [2.05, 4.69) is 17.1 Å². The number of pyridine rings is 1. The lowest BCUT2D eigenvalue weighted by molar-refractivity contribution is -0.0721. The maximum absolute atomic E-state index is 12.0. The molecule has 0 spiro atoms. The van der Waals surface area contributed by atoms with Crippen molar-refractivity contribution in [1.82, 2.24) is 14.8 Å². The molecule has 2 fully saturated rings. The highest BCUT2D eigenvalue weighted by atomic mass is 127. The second-order valence-electron chi connectivity index (χ2n) is 8.61. The van der Waals surface area contributed by atoms with Gasteiger partial charge in [-0.3, -0.25) is 9.79 Å². The minimum atomic E-state index is 0. The Morgan fingerprint density at radius 1 is 1.22 bits per heavy atom. The zero-order valence-corrected chi connectivity index (χ0v) is 22.1. The van der Waals surface area contributed by atoms with Gasteiger partial charge in [0.25, 0.3) is 5.56 Å². The number of nitrogens with one attached hydrogen (secondary N) is 1. The van der Waals surface area contributed by atoms with Crippen molar-refractivity contribution in [3.05, 3.63) is 34.2 Å². The van der Waals surface area contributed by atoms with Crippen LogP contribution < -0.4 is 10.9 Å². The van der Waals surface area contributed by atoms with Crippen molar-refractivity contribution in [2.45, 2.75) is 77.5 Å². The predicted molar refractivity (Wildman–Crippen MR) is 140 cm³/mol. The molecule has 0 aliphatic carbocycles. The molecule has 0 saturated carbocycles. The first kappa shape index (κ1) is 27.1. The van der Waals surface area contributed by atoms with Crippen LogP contribution in [0.2, 0.25) is 0 Å². The lowest BCUT2D eigenvalue weighted by Gasteiger charge is -2.35. The van der Waals surface area contributed by atoms with Crippen molar-refractivity contribution >= 4 is 29.9 Å². The number of nitrogens with zero attached hydrogens (tertiary/aromatic N) is 3. The van der Waals surface area contributed by atoms with Crippen molar-refractivity contribution in [3.8, 4) is 0 Å². The van der Waals surface area contributed by atoms with Gasteiger partial charge in [-0.2, -0.15) is 0 Å². The van der Waals surface area contributed by atoms with Crippen LogP contribution in [0.25, 0.3) is 0 Å². The number of aliphatic imine (C=N–C) groups is 1. The van der Waals surface area contributed by atoms with E-state index >= 15 is 0 Å². The van der Waals surface area contributed by atoms with Crippen LogP contribution in [0.15, 0.2) is 28.0 Å². The van der Waals surface area contributed by atoms with Crippen LogP contribution in [-0.2, 0) is 16.0 Å². The molecular formula is C24H41IN4O3. The molecule has 182 valence electrons. The summed E-state index contributed by atoms with van der Waals surface area (Å²) in [5.41, 5.74) is 1.10. The first-order valence-electron chi connectivity index (χ1n) is 12.1. The molecule has 1 aromatic rings. The Labute approximate surface area is 210 Å². The first-order valence-corrected chi connectivity index (χ1v) is 12.1. The van der Waals surface area contributed by atoms with E-state index in [0.717, 1.165) is 89.7 Å². The summed E-state index contributed by atoms with van der Waals surface area (Å²) in [4.78, 5) is 19.2. The molecule has 0 bridgehead atoms. The summed E-state index contributed by atoms with van der Waals surface area (Å²) in [5, 5.41) is 3.44. The summed E-state index contributed by atoms with van der Waals surface area (Å²) < 4.78 is 13.8. The monoisotopic (exact) mass is 560 g/mol. The van der Waals surface area contributed by atoms with Crippen LogP contribution in [0.3, 0.4) is 0 Å². The van der Waals surface area contributed by atoms with Gasteiger partial charge < -0.3 is 24.3 Å². The van der Waals surface area contributed by atoms with Crippen LogP contribution in [0.4, 0.5) is 0 Å². The minimum Gasteiger partial charge on any atom is -0.376 e. The van der Waals surface area contributed by atoms with Crippen molar-refractivity contribution in [2.24, 2.45) is 4.99 Å². The third-order valence-corrected chi connectivity index (χ3v) is 6.19. The molecule has 2 aliphatic rings. The Morgan fingerprint density at radius 2 is 2.03 bits per heavy atom.